The van der Waals surface area contributed by atoms with Crippen LogP contribution in [0.5, 0.6) is 0 Å². The molecule has 0 amide bonds. The van der Waals surface area contributed by atoms with Gasteiger partial charge in [-0.3, -0.25) is 4.68 Å². The van der Waals surface area contributed by atoms with Crippen molar-refractivity contribution in [3.63, 3.8) is 0 Å². The van der Waals surface area contributed by atoms with E-state index in [4.69, 9.17) is 5.73 Å². The van der Waals surface area contributed by atoms with Crippen LogP contribution in [0.3, 0.4) is 0 Å². The van der Waals surface area contributed by atoms with Gasteiger partial charge in [-0.05, 0) is 44.1 Å². The highest BCUT2D eigenvalue weighted by atomic mass is 15.3. The highest BCUT2D eigenvalue weighted by Crippen LogP contribution is 2.33. The maximum Gasteiger partial charge on any atom is 0.0521 e. The predicted octanol–water partition coefficient (Wildman–Crippen LogP) is 1.57. The SMILES string of the molecule is CCn1cc(CCC(N)C2CC2)cn1. The van der Waals surface area contributed by atoms with Crippen molar-refractivity contribution >= 4 is 0 Å². The lowest BCUT2D eigenvalue weighted by atomic mass is 10.1. The monoisotopic (exact) mass is 193 g/mol. The van der Waals surface area contributed by atoms with Gasteiger partial charge in [0.15, 0.2) is 0 Å². The summed E-state index contributed by atoms with van der Waals surface area (Å²) in [6.45, 7) is 3.06. The Kier molecular flexibility index (Phi) is 2.87. The quantitative estimate of drug-likeness (QED) is 0.771. The van der Waals surface area contributed by atoms with E-state index < -0.39 is 0 Å². The van der Waals surface area contributed by atoms with Gasteiger partial charge in [0.05, 0.1) is 6.20 Å². The third kappa shape index (κ3) is 2.35. The van der Waals surface area contributed by atoms with Crippen molar-refractivity contribution in [1.82, 2.24) is 9.78 Å². The van der Waals surface area contributed by atoms with Crippen LogP contribution >= 0.6 is 0 Å². The van der Waals surface area contributed by atoms with Gasteiger partial charge < -0.3 is 5.73 Å². The van der Waals surface area contributed by atoms with Gasteiger partial charge in [-0.25, -0.2) is 0 Å². The van der Waals surface area contributed by atoms with Gasteiger partial charge in [0.1, 0.15) is 0 Å². The topological polar surface area (TPSA) is 43.8 Å². The lowest BCUT2D eigenvalue weighted by Gasteiger charge is -2.07. The van der Waals surface area contributed by atoms with E-state index in [1.54, 1.807) is 0 Å². The van der Waals surface area contributed by atoms with Crippen molar-refractivity contribution in [2.75, 3.05) is 0 Å². The summed E-state index contributed by atoms with van der Waals surface area (Å²) >= 11 is 0. The summed E-state index contributed by atoms with van der Waals surface area (Å²) in [5.74, 6) is 0.816. The first-order valence-corrected chi connectivity index (χ1v) is 5.56. The average Bonchev–Trinajstić information content (AvgIpc) is 2.94. The molecule has 0 spiro atoms. The first-order chi connectivity index (χ1) is 6.79. The Labute approximate surface area is 85.3 Å². The van der Waals surface area contributed by atoms with Gasteiger partial charge in [0, 0.05) is 18.8 Å². The fourth-order valence-corrected chi connectivity index (χ4v) is 1.80. The highest BCUT2D eigenvalue weighted by Gasteiger charge is 2.27. The summed E-state index contributed by atoms with van der Waals surface area (Å²) in [6.07, 6.45) is 8.96. The molecular weight excluding hydrogens is 174 g/mol. The van der Waals surface area contributed by atoms with E-state index in [1.165, 1.54) is 18.4 Å². The lowest BCUT2D eigenvalue weighted by Crippen LogP contribution is -2.22. The van der Waals surface area contributed by atoms with Crippen molar-refractivity contribution in [1.29, 1.82) is 0 Å². The van der Waals surface area contributed by atoms with Crippen molar-refractivity contribution in [2.45, 2.75) is 45.2 Å². The number of rotatable bonds is 5. The van der Waals surface area contributed by atoms with E-state index in [0.717, 1.165) is 25.3 Å². The molecule has 14 heavy (non-hydrogen) atoms. The van der Waals surface area contributed by atoms with Crippen molar-refractivity contribution in [2.24, 2.45) is 11.7 Å². The van der Waals surface area contributed by atoms with E-state index in [9.17, 15) is 0 Å². The molecule has 1 fully saturated rings. The van der Waals surface area contributed by atoms with Crippen LogP contribution in [-0.4, -0.2) is 15.8 Å². The average molecular weight is 193 g/mol. The minimum absolute atomic E-state index is 0.417. The Morgan fingerprint density at radius 1 is 1.64 bits per heavy atom. The molecule has 3 heteroatoms. The standard InChI is InChI=1S/C11H19N3/c1-2-14-8-9(7-13-14)3-6-11(12)10-4-5-10/h7-8,10-11H,2-6,12H2,1H3. The second-order valence-corrected chi connectivity index (χ2v) is 4.24. The molecule has 1 aliphatic carbocycles. The Hall–Kier alpha value is -0.830. The zero-order chi connectivity index (χ0) is 9.97. The van der Waals surface area contributed by atoms with Crippen LogP contribution in [0.15, 0.2) is 12.4 Å². The normalized spacial score (nSPS) is 18.4. The Morgan fingerprint density at radius 2 is 2.43 bits per heavy atom. The molecule has 0 saturated heterocycles. The molecule has 0 aromatic carbocycles. The summed E-state index contributed by atoms with van der Waals surface area (Å²) < 4.78 is 1.97. The molecule has 3 nitrogen and oxygen atoms in total. The molecular formula is C11H19N3. The minimum atomic E-state index is 0.417. The van der Waals surface area contributed by atoms with Crippen LogP contribution < -0.4 is 5.73 Å². The Bertz CT molecular complexity index is 288. The molecule has 0 aliphatic heterocycles. The summed E-state index contributed by atoms with van der Waals surface area (Å²) in [7, 11) is 0. The number of hydrogen-bond donors (Lipinski definition) is 1. The molecule has 1 unspecified atom stereocenters. The third-order valence-electron chi connectivity index (χ3n) is 3.00. The third-order valence-corrected chi connectivity index (χ3v) is 3.00. The minimum Gasteiger partial charge on any atom is -0.327 e. The molecule has 1 aromatic heterocycles. The second-order valence-electron chi connectivity index (χ2n) is 4.24. The van der Waals surface area contributed by atoms with Crippen molar-refractivity contribution in [3.8, 4) is 0 Å². The van der Waals surface area contributed by atoms with E-state index in [1.807, 2.05) is 10.9 Å². The number of aryl methyl sites for hydroxylation is 2. The first-order valence-electron chi connectivity index (χ1n) is 5.56. The molecule has 1 heterocycles. The molecule has 1 atom stereocenters. The fourth-order valence-electron chi connectivity index (χ4n) is 1.80. The van der Waals surface area contributed by atoms with Crippen LogP contribution in [0.25, 0.3) is 0 Å². The number of nitrogens with zero attached hydrogens (tertiary/aromatic N) is 2. The highest BCUT2D eigenvalue weighted by molar-refractivity contribution is 5.04. The Balaban J connectivity index is 1.78. The van der Waals surface area contributed by atoms with E-state index in [-0.39, 0.29) is 0 Å². The first kappa shape index (κ1) is 9.71. The summed E-state index contributed by atoms with van der Waals surface area (Å²) in [5.41, 5.74) is 7.36. The van der Waals surface area contributed by atoms with Gasteiger partial charge in [0.2, 0.25) is 0 Å². The number of aromatic nitrogens is 2. The maximum absolute atomic E-state index is 6.04. The van der Waals surface area contributed by atoms with Crippen molar-refractivity contribution in [3.05, 3.63) is 18.0 Å². The predicted molar refractivity (Wildman–Crippen MR) is 56.9 cm³/mol. The molecule has 0 radical (unpaired) electrons. The van der Waals surface area contributed by atoms with Gasteiger partial charge in [0.25, 0.3) is 0 Å². The fraction of sp³-hybridized carbons (Fsp3) is 0.727. The molecule has 0 bridgehead atoms. The van der Waals surface area contributed by atoms with Crippen LogP contribution in [0.2, 0.25) is 0 Å². The molecule has 2 N–H and O–H groups in total. The maximum atomic E-state index is 6.04. The van der Waals surface area contributed by atoms with Crippen LogP contribution in [0.1, 0.15) is 31.7 Å². The molecule has 1 aliphatic rings. The molecule has 1 aromatic rings. The zero-order valence-corrected chi connectivity index (χ0v) is 8.82. The summed E-state index contributed by atoms with van der Waals surface area (Å²) in [5, 5.41) is 4.25. The van der Waals surface area contributed by atoms with E-state index in [0.29, 0.717) is 6.04 Å². The molecule has 78 valence electrons. The van der Waals surface area contributed by atoms with Crippen molar-refractivity contribution < 1.29 is 0 Å². The van der Waals surface area contributed by atoms with Crippen LogP contribution in [0.4, 0.5) is 0 Å². The zero-order valence-electron chi connectivity index (χ0n) is 8.82. The smallest absolute Gasteiger partial charge is 0.0521 e. The summed E-state index contributed by atoms with van der Waals surface area (Å²) in [4.78, 5) is 0. The molecule has 2 rings (SSSR count). The summed E-state index contributed by atoms with van der Waals surface area (Å²) in [6, 6.07) is 0.417. The van der Waals surface area contributed by atoms with Crippen LogP contribution in [0, 0.1) is 5.92 Å². The van der Waals surface area contributed by atoms with E-state index >= 15 is 0 Å². The van der Waals surface area contributed by atoms with Gasteiger partial charge in [-0.15, -0.1) is 0 Å². The van der Waals surface area contributed by atoms with E-state index in [2.05, 4.69) is 18.2 Å². The van der Waals surface area contributed by atoms with Gasteiger partial charge >= 0.3 is 0 Å². The van der Waals surface area contributed by atoms with Crippen LogP contribution in [-0.2, 0) is 13.0 Å². The Morgan fingerprint density at radius 3 is 3.00 bits per heavy atom. The lowest BCUT2D eigenvalue weighted by molar-refractivity contribution is 0.550. The second kappa shape index (κ2) is 4.13. The van der Waals surface area contributed by atoms with Gasteiger partial charge in [-0.1, -0.05) is 0 Å². The molecule has 1 saturated carbocycles. The van der Waals surface area contributed by atoms with Gasteiger partial charge in [-0.2, -0.15) is 5.10 Å². The number of nitrogens with two attached hydrogens (primary N) is 1. The largest absolute Gasteiger partial charge is 0.327 e. The number of hydrogen-bond acceptors (Lipinski definition) is 2.